The van der Waals surface area contributed by atoms with Crippen molar-refractivity contribution in [2.75, 3.05) is 18.5 Å². The highest BCUT2D eigenvalue weighted by Gasteiger charge is 2.25. The number of rotatable bonds is 5. The Morgan fingerprint density at radius 2 is 2.17 bits per heavy atom. The number of hydrogen-bond donors (Lipinski definition) is 1. The Kier molecular flexibility index (Phi) is 4.53. The molecule has 100 valence electrons. The largest absolute Gasteiger partial charge is 0.351 e. The number of halogens is 1. The van der Waals surface area contributed by atoms with Crippen molar-refractivity contribution in [1.29, 1.82) is 0 Å². The van der Waals surface area contributed by atoms with Crippen LogP contribution in [0, 0.1) is 5.82 Å². The Hall–Kier alpha value is -1.16. The zero-order valence-electron chi connectivity index (χ0n) is 11.2. The second-order valence-electron chi connectivity index (χ2n) is 4.86. The Bertz CT molecular complexity index is 389. The molecule has 1 aromatic rings. The summed E-state index contributed by atoms with van der Waals surface area (Å²) >= 11 is 0. The molecule has 1 N–H and O–H groups in total. The van der Waals surface area contributed by atoms with E-state index in [0.717, 1.165) is 19.4 Å². The van der Waals surface area contributed by atoms with Gasteiger partial charge in [-0.15, -0.1) is 0 Å². The molecular formula is C14H22FN3. The van der Waals surface area contributed by atoms with Gasteiger partial charge in [0.15, 0.2) is 11.6 Å². The van der Waals surface area contributed by atoms with E-state index in [-0.39, 0.29) is 5.82 Å². The highest BCUT2D eigenvalue weighted by molar-refractivity contribution is 5.44. The van der Waals surface area contributed by atoms with Gasteiger partial charge in [0.2, 0.25) is 0 Å². The lowest BCUT2D eigenvalue weighted by Crippen LogP contribution is -2.34. The van der Waals surface area contributed by atoms with Crippen LogP contribution < -0.4 is 10.2 Å². The van der Waals surface area contributed by atoms with Crippen LogP contribution in [-0.2, 0) is 6.54 Å². The lowest BCUT2D eigenvalue weighted by Gasteiger charge is -2.29. The van der Waals surface area contributed by atoms with Gasteiger partial charge in [-0.2, -0.15) is 0 Å². The zero-order chi connectivity index (χ0) is 13.0. The zero-order valence-corrected chi connectivity index (χ0v) is 11.2. The van der Waals surface area contributed by atoms with Crippen molar-refractivity contribution in [2.45, 2.75) is 45.2 Å². The first-order valence-corrected chi connectivity index (χ1v) is 6.82. The summed E-state index contributed by atoms with van der Waals surface area (Å²) in [6.07, 6.45) is 6.52. The maximum atomic E-state index is 14.4. The summed E-state index contributed by atoms with van der Waals surface area (Å²) < 4.78 is 14.4. The topological polar surface area (TPSA) is 28.2 Å². The Morgan fingerprint density at radius 3 is 2.78 bits per heavy atom. The van der Waals surface area contributed by atoms with Crippen LogP contribution in [0.15, 0.2) is 12.3 Å². The van der Waals surface area contributed by atoms with E-state index in [9.17, 15) is 4.39 Å². The summed E-state index contributed by atoms with van der Waals surface area (Å²) in [5, 5.41) is 2.99. The number of pyridine rings is 1. The minimum Gasteiger partial charge on any atom is -0.351 e. The monoisotopic (exact) mass is 251 g/mol. The normalized spacial score (nSPS) is 16.2. The third-order valence-corrected chi connectivity index (χ3v) is 3.70. The molecule has 0 spiro atoms. The van der Waals surface area contributed by atoms with Crippen LogP contribution in [0.5, 0.6) is 0 Å². The Morgan fingerprint density at radius 1 is 1.44 bits per heavy atom. The molecule has 3 nitrogen and oxygen atoms in total. The van der Waals surface area contributed by atoms with Gasteiger partial charge in [-0.3, -0.25) is 0 Å². The third kappa shape index (κ3) is 2.64. The lowest BCUT2D eigenvalue weighted by molar-refractivity contribution is 0.556. The highest BCUT2D eigenvalue weighted by Crippen LogP contribution is 2.29. The molecule has 1 saturated carbocycles. The van der Waals surface area contributed by atoms with Gasteiger partial charge < -0.3 is 10.2 Å². The molecule has 0 amide bonds. The summed E-state index contributed by atoms with van der Waals surface area (Å²) in [6.45, 7) is 3.44. The molecule has 0 aliphatic heterocycles. The standard InChI is InChI=1S/C14H22FN3/c1-3-18(12-6-4-5-7-12)14-13(15)11(10-16-2)8-9-17-14/h8-9,12,16H,3-7,10H2,1-2H3. The van der Waals surface area contributed by atoms with Crippen LogP contribution in [0.3, 0.4) is 0 Å². The second kappa shape index (κ2) is 6.14. The number of nitrogens with one attached hydrogen (secondary N) is 1. The fourth-order valence-electron chi connectivity index (χ4n) is 2.80. The molecule has 0 saturated heterocycles. The molecule has 0 bridgehead atoms. The minimum absolute atomic E-state index is 0.166. The van der Waals surface area contributed by atoms with Crippen molar-refractivity contribution >= 4 is 5.82 Å². The van der Waals surface area contributed by atoms with E-state index >= 15 is 0 Å². The first kappa shape index (κ1) is 13.3. The summed E-state index contributed by atoms with van der Waals surface area (Å²) in [6, 6.07) is 2.21. The molecule has 0 aromatic carbocycles. The van der Waals surface area contributed by atoms with Gasteiger partial charge in [0, 0.05) is 30.9 Å². The van der Waals surface area contributed by atoms with Crippen molar-refractivity contribution in [3.63, 3.8) is 0 Å². The van der Waals surface area contributed by atoms with Crippen molar-refractivity contribution in [3.05, 3.63) is 23.6 Å². The molecule has 1 fully saturated rings. The maximum absolute atomic E-state index is 14.4. The fraction of sp³-hybridized carbons (Fsp3) is 0.643. The van der Waals surface area contributed by atoms with Crippen LogP contribution in [-0.4, -0.2) is 24.6 Å². The van der Waals surface area contributed by atoms with Crippen LogP contribution in [0.1, 0.15) is 38.2 Å². The maximum Gasteiger partial charge on any atom is 0.170 e. The van der Waals surface area contributed by atoms with Gasteiger partial charge in [0.25, 0.3) is 0 Å². The van der Waals surface area contributed by atoms with Crippen LogP contribution in [0.25, 0.3) is 0 Å². The second-order valence-corrected chi connectivity index (χ2v) is 4.86. The number of nitrogens with zero attached hydrogens (tertiary/aromatic N) is 2. The number of anilines is 1. The van der Waals surface area contributed by atoms with E-state index in [4.69, 9.17) is 0 Å². The molecule has 0 atom stereocenters. The van der Waals surface area contributed by atoms with Crippen molar-refractivity contribution < 1.29 is 4.39 Å². The fourth-order valence-corrected chi connectivity index (χ4v) is 2.80. The smallest absolute Gasteiger partial charge is 0.170 e. The predicted octanol–water partition coefficient (Wildman–Crippen LogP) is 2.71. The van der Waals surface area contributed by atoms with Crippen LogP contribution >= 0.6 is 0 Å². The SMILES string of the molecule is CCN(c1nccc(CNC)c1F)C1CCCC1. The van der Waals surface area contributed by atoms with E-state index in [1.165, 1.54) is 12.8 Å². The number of aromatic nitrogens is 1. The number of hydrogen-bond acceptors (Lipinski definition) is 3. The van der Waals surface area contributed by atoms with Gasteiger partial charge in [-0.05, 0) is 32.9 Å². The molecule has 0 unspecified atom stereocenters. The van der Waals surface area contributed by atoms with E-state index in [1.54, 1.807) is 12.3 Å². The van der Waals surface area contributed by atoms with Crippen LogP contribution in [0.4, 0.5) is 10.2 Å². The molecular weight excluding hydrogens is 229 g/mol. The third-order valence-electron chi connectivity index (χ3n) is 3.70. The molecule has 2 rings (SSSR count). The summed E-state index contributed by atoms with van der Waals surface area (Å²) in [4.78, 5) is 6.39. The van der Waals surface area contributed by atoms with Gasteiger partial charge >= 0.3 is 0 Å². The van der Waals surface area contributed by atoms with E-state index in [0.29, 0.717) is 24.0 Å². The quantitative estimate of drug-likeness (QED) is 0.872. The Balaban J connectivity index is 2.26. The molecule has 1 aliphatic carbocycles. The van der Waals surface area contributed by atoms with Gasteiger partial charge in [0.1, 0.15) is 0 Å². The average Bonchev–Trinajstić information content (AvgIpc) is 2.89. The van der Waals surface area contributed by atoms with Crippen LogP contribution in [0.2, 0.25) is 0 Å². The Labute approximate surface area is 108 Å². The van der Waals surface area contributed by atoms with Crippen molar-refractivity contribution in [2.24, 2.45) is 0 Å². The lowest BCUT2D eigenvalue weighted by atomic mass is 10.2. The van der Waals surface area contributed by atoms with E-state index < -0.39 is 0 Å². The first-order chi connectivity index (χ1) is 8.77. The van der Waals surface area contributed by atoms with Gasteiger partial charge in [-0.25, -0.2) is 9.37 Å². The molecule has 18 heavy (non-hydrogen) atoms. The molecule has 1 heterocycles. The molecule has 0 radical (unpaired) electrons. The average molecular weight is 251 g/mol. The van der Waals surface area contributed by atoms with Gasteiger partial charge in [-0.1, -0.05) is 12.8 Å². The summed E-state index contributed by atoms with van der Waals surface area (Å²) in [7, 11) is 1.83. The molecule has 1 aliphatic rings. The predicted molar refractivity (Wildman–Crippen MR) is 72.2 cm³/mol. The summed E-state index contributed by atoms with van der Waals surface area (Å²) in [5.41, 5.74) is 0.693. The van der Waals surface area contributed by atoms with E-state index in [1.807, 2.05) is 7.05 Å². The van der Waals surface area contributed by atoms with Gasteiger partial charge in [0.05, 0.1) is 0 Å². The summed E-state index contributed by atoms with van der Waals surface area (Å²) in [5.74, 6) is 0.359. The van der Waals surface area contributed by atoms with Crippen molar-refractivity contribution in [3.8, 4) is 0 Å². The first-order valence-electron chi connectivity index (χ1n) is 6.82. The van der Waals surface area contributed by atoms with Crippen molar-refractivity contribution in [1.82, 2.24) is 10.3 Å². The minimum atomic E-state index is -0.166. The highest BCUT2D eigenvalue weighted by atomic mass is 19.1. The molecule has 4 heteroatoms. The van der Waals surface area contributed by atoms with E-state index in [2.05, 4.69) is 22.1 Å². The molecule has 1 aromatic heterocycles.